The number of methoxy groups -OCH3 is 1. The Bertz CT molecular complexity index is 1310. The lowest BCUT2D eigenvalue weighted by Crippen LogP contribution is -2.23. The van der Waals surface area contributed by atoms with Gasteiger partial charge in [0, 0.05) is 30.4 Å². The zero-order chi connectivity index (χ0) is 22.9. The first-order valence-corrected chi connectivity index (χ1v) is 11.3. The summed E-state index contributed by atoms with van der Waals surface area (Å²) in [7, 11) is 1.61. The van der Waals surface area contributed by atoms with Gasteiger partial charge in [0.25, 0.3) is 5.19 Å². The van der Waals surface area contributed by atoms with E-state index in [4.69, 9.17) is 14.0 Å². The van der Waals surface area contributed by atoms with E-state index in [2.05, 4.69) is 31.3 Å². The van der Waals surface area contributed by atoms with Crippen LogP contribution in [0.5, 0.6) is 10.9 Å². The number of aromatic nitrogens is 6. The van der Waals surface area contributed by atoms with Gasteiger partial charge in [0.05, 0.1) is 25.2 Å². The Morgan fingerprint density at radius 3 is 2.79 bits per heavy atom. The molecule has 4 aromatic rings. The molecule has 4 aromatic heterocycles. The summed E-state index contributed by atoms with van der Waals surface area (Å²) in [6.07, 6.45) is 11.1. The van der Waals surface area contributed by atoms with Crippen molar-refractivity contribution in [3.05, 3.63) is 54.4 Å². The number of pyridine rings is 1. The summed E-state index contributed by atoms with van der Waals surface area (Å²) >= 11 is 1.39. The normalized spacial score (nSPS) is 14.7. The third kappa shape index (κ3) is 4.19. The Morgan fingerprint density at radius 2 is 2.09 bits per heavy atom. The van der Waals surface area contributed by atoms with Crippen molar-refractivity contribution in [2.45, 2.75) is 32.8 Å². The molecule has 0 saturated heterocycles. The molecule has 33 heavy (non-hydrogen) atoms. The number of nitrogens with zero attached hydrogens (tertiary/aromatic N) is 7. The van der Waals surface area contributed by atoms with Crippen molar-refractivity contribution in [1.82, 2.24) is 29.7 Å². The van der Waals surface area contributed by atoms with E-state index in [9.17, 15) is 0 Å². The summed E-state index contributed by atoms with van der Waals surface area (Å²) in [5.74, 6) is 1.58. The Morgan fingerprint density at radius 1 is 1.21 bits per heavy atom. The quantitative estimate of drug-likeness (QED) is 0.399. The van der Waals surface area contributed by atoms with Crippen LogP contribution in [0, 0.1) is 0 Å². The van der Waals surface area contributed by atoms with E-state index in [1.54, 1.807) is 24.0 Å². The van der Waals surface area contributed by atoms with E-state index in [1.807, 2.05) is 50.2 Å². The molecule has 1 aliphatic heterocycles. The van der Waals surface area contributed by atoms with Gasteiger partial charge in [0.2, 0.25) is 4.96 Å². The number of rotatable bonds is 7. The first-order valence-electron chi connectivity index (χ1n) is 10.5. The summed E-state index contributed by atoms with van der Waals surface area (Å²) in [4.78, 5) is 15.8. The summed E-state index contributed by atoms with van der Waals surface area (Å²) in [5.41, 5.74) is 2.68. The van der Waals surface area contributed by atoms with Gasteiger partial charge in [0.1, 0.15) is 11.9 Å². The number of hydrogen-bond donors (Lipinski definition) is 0. The maximum Gasteiger partial charge on any atom is 0.328 e. The summed E-state index contributed by atoms with van der Waals surface area (Å²) in [6.45, 7) is 6.68. The van der Waals surface area contributed by atoms with Crippen molar-refractivity contribution < 1.29 is 14.0 Å². The molecule has 10 nitrogen and oxygen atoms in total. The average Bonchev–Trinajstić information content (AvgIpc) is 3.54. The molecule has 0 amide bonds. The number of ether oxygens (including phenoxy) is 2. The van der Waals surface area contributed by atoms with Crippen LogP contribution in [0.2, 0.25) is 0 Å². The SMILES string of the molecule is COc1cnccc1-c1cn2nc(OC(C)C3=CCN(c4nc(C(C)C)no4)C=C3)sc2n1. The van der Waals surface area contributed by atoms with Crippen molar-refractivity contribution in [3.63, 3.8) is 0 Å². The molecule has 1 unspecified atom stereocenters. The fourth-order valence-electron chi connectivity index (χ4n) is 3.36. The smallest absolute Gasteiger partial charge is 0.328 e. The molecular weight excluding hydrogens is 442 g/mol. The zero-order valence-electron chi connectivity index (χ0n) is 18.7. The highest BCUT2D eigenvalue weighted by Crippen LogP contribution is 2.31. The molecule has 0 N–H and O–H groups in total. The van der Waals surface area contributed by atoms with Gasteiger partial charge in [-0.3, -0.25) is 9.88 Å². The number of hydrogen-bond acceptors (Lipinski definition) is 10. The van der Waals surface area contributed by atoms with Crippen LogP contribution in [0.3, 0.4) is 0 Å². The van der Waals surface area contributed by atoms with Crippen LogP contribution in [0.1, 0.15) is 32.5 Å². The van der Waals surface area contributed by atoms with Crippen molar-refractivity contribution in [2.24, 2.45) is 0 Å². The van der Waals surface area contributed by atoms with Crippen molar-refractivity contribution in [1.29, 1.82) is 0 Å². The van der Waals surface area contributed by atoms with Gasteiger partial charge in [-0.05, 0) is 36.0 Å². The van der Waals surface area contributed by atoms with Crippen molar-refractivity contribution in [2.75, 3.05) is 18.6 Å². The van der Waals surface area contributed by atoms with E-state index in [-0.39, 0.29) is 12.0 Å². The van der Waals surface area contributed by atoms with Crippen molar-refractivity contribution in [3.8, 4) is 22.2 Å². The molecule has 1 aliphatic rings. The van der Waals surface area contributed by atoms with Crippen LogP contribution in [-0.2, 0) is 0 Å². The lowest BCUT2D eigenvalue weighted by molar-refractivity contribution is 0.256. The standard InChI is InChI=1S/C22H23N7O3S/c1-13(2)19-25-20(32-27-19)28-9-6-15(7-10-28)14(3)31-22-26-29-12-17(24-21(29)33-22)16-5-8-23-11-18(16)30-4/h5-9,11-14H,10H2,1-4H3. The lowest BCUT2D eigenvalue weighted by atomic mass is 10.1. The maximum atomic E-state index is 6.09. The van der Waals surface area contributed by atoms with E-state index < -0.39 is 0 Å². The largest absolute Gasteiger partial charge is 0.494 e. The lowest BCUT2D eigenvalue weighted by Gasteiger charge is -2.21. The molecule has 0 fully saturated rings. The van der Waals surface area contributed by atoms with Gasteiger partial charge in [-0.25, -0.2) is 9.50 Å². The predicted octanol–water partition coefficient (Wildman–Crippen LogP) is 4.10. The van der Waals surface area contributed by atoms with Gasteiger partial charge in [-0.1, -0.05) is 25.1 Å². The van der Waals surface area contributed by atoms with Crippen LogP contribution in [0.25, 0.3) is 16.2 Å². The number of anilines is 1. The molecule has 11 heteroatoms. The molecule has 0 bridgehead atoms. The highest BCUT2D eigenvalue weighted by Gasteiger charge is 2.20. The first-order chi connectivity index (χ1) is 16.0. The van der Waals surface area contributed by atoms with E-state index in [0.29, 0.717) is 29.3 Å². The predicted molar refractivity (Wildman–Crippen MR) is 124 cm³/mol. The molecule has 0 radical (unpaired) electrons. The minimum atomic E-state index is -0.173. The fraction of sp³-hybridized carbons (Fsp3) is 0.318. The summed E-state index contributed by atoms with van der Waals surface area (Å²) < 4.78 is 18.5. The van der Waals surface area contributed by atoms with Crippen molar-refractivity contribution >= 4 is 22.3 Å². The summed E-state index contributed by atoms with van der Waals surface area (Å²) in [6, 6.07) is 2.36. The van der Waals surface area contributed by atoms with Crippen LogP contribution >= 0.6 is 11.3 Å². The Balaban J connectivity index is 1.26. The minimum Gasteiger partial charge on any atom is -0.494 e. The Labute approximate surface area is 194 Å². The Kier molecular flexibility index (Phi) is 5.55. The Hall–Kier alpha value is -3.73. The van der Waals surface area contributed by atoms with Crippen LogP contribution in [0.15, 0.2) is 53.1 Å². The van der Waals surface area contributed by atoms with E-state index >= 15 is 0 Å². The highest BCUT2D eigenvalue weighted by atomic mass is 32.1. The van der Waals surface area contributed by atoms with Gasteiger partial charge in [0.15, 0.2) is 5.82 Å². The van der Waals surface area contributed by atoms with Gasteiger partial charge < -0.3 is 14.0 Å². The minimum absolute atomic E-state index is 0.173. The molecule has 0 aliphatic carbocycles. The third-order valence-corrected chi connectivity index (χ3v) is 6.03. The third-order valence-electron chi connectivity index (χ3n) is 5.22. The van der Waals surface area contributed by atoms with Crippen LogP contribution in [0.4, 0.5) is 6.01 Å². The second-order valence-electron chi connectivity index (χ2n) is 7.82. The molecule has 170 valence electrons. The molecule has 0 saturated carbocycles. The number of fused-ring (bicyclic) bond motifs is 1. The van der Waals surface area contributed by atoms with E-state index in [1.165, 1.54) is 11.3 Å². The van der Waals surface area contributed by atoms with Gasteiger partial charge >= 0.3 is 6.01 Å². The second-order valence-corrected chi connectivity index (χ2v) is 8.74. The van der Waals surface area contributed by atoms with Crippen LogP contribution < -0.4 is 14.4 Å². The molecule has 0 spiro atoms. The number of imidazole rings is 1. The van der Waals surface area contributed by atoms with E-state index in [0.717, 1.165) is 21.8 Å². The first kappa shape index (κ1) is 21.1. The van der Waals surface area contributed by atoms with Gasteiger partial charge in [-0.2, -0.15) is 4.98 Å². The maximum absolute atomic E-state index is 6.09. The summed E-state index contributed by atoms with van der Waals surface area (Å²) in [5, 5.41) is 9.10. The molecule has 1 atom stereocenters. The highest BCUT2D eigenvalue weighted by molar-refractivity contribution is 7.18. The molecule has 5 heterocycles. The topological polar surface area (TPSA) is 104 Å². The average molecular weight is 466 g/mol. The molecule has 5 rings (SSSR count). The van der Waals surface area contributed by atoms with Crippen LogP contribution in [-0.4, -0.2) is 49.5 Å². The molecular formula is C22H23N7O3S. The zero-order valence-corrected chi connectivity index (χ0v) is 19.5. The fourth-order valence-corrected chi connectivity index (χ4v) is 4.17. The van der Waals surface area contributed by atoms with Gasteiger partial charge in [-0.15, -0.1) is 5.10 Å². The second kappa shape index (κ2) is 8.66. The monoisotopic (exact) mass is 465 g/mol. The molecule has 0 aromatic carbocycles.